The molecule has 2 atom stereocenters. The molecule has 2 unspecified atom stereocenters. The first-order valence-electron chi connectivity index (χ1n) is 6.40. The van der Waals surface area contributed by atoms with Crippen LogP contribution >= 0.6 is 0 Å². The first-order valence-corrected chi connectivity index (χ1v) is 6.40. The van der Waals surface area contributed by atoms with Crippen molar-refractivity contribution in [2.45, 2.75) is 18.6 Å². The van der Waals surface area contributed by atoms with E-state index < -0.39 is 5.97 Å². The minimum Gasteiger partial charge on any atom is -0.478 e. The van der Waals surface area contributed by atoms with Crippen molar-refractivity contribution in [3.05, 3.63) is 29.8 Å². The molecule has 6 heteroatoms. The van der Waals surface area contributed by atoms with Crippen LogP contribution in [0, 0.1) is 0 Å². The maximum Gasteiger partial charge on any atom is 0.335 e. The number of aromatic carboxylic acids is 1. The Balaban J connectivity index is 2.05. The van der Waals surface area contributed by atoms with Gasteiger partial charge in [-0.05, 0) is 30.7 Å². The number of anilines is 1. The van der Waals surface area contributed by atoms with Gasteiger partial charge in [-0.3, -0.25) is 4.79 Å². The maximum atomic E-state index is 12.3. The monoisotopic (exact) mass is 278 g/mol. The minimum atomic E-state index is -0.981. The highest BCUT2D eigenvalue weighted by molar-refractivity contribution is 5.97. The van der Waals surface area contributed by atoms with Crippen LogP contribution in [-0.2, 0) is 9.53 Å². The number of carbonyl (C=O) groups excluding carboxylic acids is 1. The summed E-state index contributed by atoms with van der Waals surface area (Å²) in [6.45, 7) is 0.665. The Morgan fingerprint density at radius 3 is 2.50 bits per heavy atom. The van der Waals surface area contributed by atoms with Crippen LogP contribution in [-0.4, -0.2) is 49.8 Å². The molecule has 1 heterocycles. The predicted octanol–water partition coefficient (Wildman–Crippen LogP) is 0.724. The zero-order valence-corrected chi connectivity index (χ0v) is 11.5. The Hall–Kier alpha value is -1.92. The van der Waals surface area contributed by atoms with Gasteiger partial charge in [-0.15, -0.1) is 0 Å². The molecule has 0 aliphatic carbocycles. The number of hydrogen-bond donors (Lipinski definition) is 2. The highest BCUT2D eigenvalue weighted by Gasteiger charge is 2.31. The average molecular weight is 278 g/mol. The molecule has 2 N–H and O–H groups in total. The zero-order chi connectivity index (χ0) is 14.7. The number of carbonyl (C=O) groups is 2. The van der Waals surface area contributed by atoms with Crippen LogP contribution in [0.25, 0.3) is 0 Å². The summed E-state index contributed by atoms with van der Waals surface area (Å²) in [6, 6.07) is 5.97. The molecule has 1 aromatic carbocycles. The minimum absolute atomic E-state index is 0.0485. The highest BCUT2D eigenvalue weighted by Crippen LogP contribution is 2.18. The molecule has 0 spiro atoms. The molecule has 0 bridgehead atoms. The lowest BCUT2D eigenvalue weighted by Crippen LogP contribution is -2.41. The lowest BCUT2D eigenvalue weighted by Gasteiger charge is -2.21. The molecule has 1 saturated heterocycles. The van der Waals surface area contributed by atoms with E-state index in [1.54, 1.807) is 26.3 Å². The first kappa shape index (κ1) is 14.5. The van der Waals surface area contributed by atoms with Gasteiger partial charge in [0, 0.05) is 26.4 Å². The first-order chi connectivity index (χ1) is 9.52. The van der Waals surface area contributed by atoms with Crippen molar-refractivity contribution in [2.24, 2.45) is 0 Å². The van der Waals surface area contributed by atoms with Gasteiger partial charge in [0.2, 0.25) is 5.91 Å². The van der Waals surface area contributed by atoms with Crippen LogP contribution in [0.5, 0.6) is 0 Å². The van der Waals surface area contributed by atoms with Crippen molar-refractivity contribution in [3.63, 3.8) is 0 Å². The van der Waals surface area contributed by atoms with E-state index in [-0.39, 0.29) is 23.6 Å². The van der Waals surface area contributed by atoms with Crippen molar-refractivity contribution in [2.75, 3.05) is 25.6 Å². The Bertz CT molecular complexity index is 500. The number of amides is 1. The lowest BCUT2D eigenvalue weighted by molar-refractivity contribution is -0.120. The lowest BCUT2D eigenvalue weighted by atomic mass is 10.1. The van der Waals surface area contributed by atoms with Gasteiger partial charge in [-0.25, -0.2) is 4.79 Å². The summed E-state index contributed by atoms with van der Waals surface area (Å²) in [5, 5.41) is 12.0. The van der Waals surface area contributed by atoms with Gasteiger partial charge in [0.1, 0.15) is 0 Å². The van der Waals surface area contributed by atoms with Crippen molar-refractivity contribution in [1.82, 2.24) is 5.32 Å². The van der Waals surface area contributed by atoms with Crippen LogP contribution in [0.15, 0.2) is 24.3 Å². The fourth-order valence-corrected chi connectivity index (χ4v) is 2.26. The Morgan fingerprint density at radius 2 is 2.00 bits per heavy atom. The van der Waals surface area contributed by atoms with E-state index in [9.17, 15) is 9.59 Å². The third-order valence-electron chi connectivity index (χ3n) is 3.55. The number of likely N-dealkylation sites (N-methyl/N-ethyl adjacent to an activating group) is 1. The number of methoxy groups -OCH3 is 1. The van der Waals surface area contributed by atoms with Gasteiger partial charge in [0.25, 0.3) is 0 Å². The summed E-state index contributed by atoms with van der Waals surface area (Å²) in [5.74, 6) is -1.03. The number of ether oxygens (including phenoxy) is 1. The standard InChI is InChI=1S/C14H18N2O4/c1-16(10-5-3-9(4-6-10)14(18)19)13(17)12-7-11(20-2)8-15-12/h3-6,11-12,15H,7-8H2,1-2H3,(H,18,19). The fourth-order valence-electron chi connectivity index (χ4n) is 2.26. The molecule has 1 aliphatic rings. The third kappa shape index (κ3) is 2.97. The summed E-state index contributed by atoms with van der Waals surface area (Å²) in [5.41, 5.74) is 0.871. The van der Waals surface area contributed by atoms with Crippen LogP contribution < -0.4 is 10.2 Å². The van der Waals surface area contributed by atoms with Gasteiger partial charge in [0.05, 0.1) is 17.7 Å². The second kappa shape index (κ2) is 6.02. The second-order valence-electron chi connectivity index (χ2n) is 4.80. The SMILES string of the molecule is COC1CNC(C(=O)N(C)c2ccc(C(=O)O)cc2)C1. The summed E-state index contributed by atoms with van der Waals surface area (Å²) < 4.78 is 5.22. The largest absolute Gasteiger partial charge is 0.478 e. The van der Waals surface area contributed by atoms with E-state index in [0.29, 0.717) is 18.7 Å². The molecule has 1 aromatic rings. The van der Waals surface area contributed by atoms with Crippen molar-refractivity contribution < 1.29 is 19.4 Å². The van der Waals surface area contributed by atoms with Crippen LogP contribution in [0.3, 0.4) is 0 Å². The summed E-state index contributed by atoms with van der Waals surface area (Å²) in [7, 11) is 3.31. The molecule has 2 rings (SSSR count). The van der Waals surface area contributed by atoms with E-state index in [1.807, 2.05) is 0 Å². The van der Waals surface area contributed by atoms with E-state index >= 15 is 0 Å². The molecule has 20 heavy (non-hydrogen) atoms. The smallest absolute Gasteiger partial charge is 0.335 e. The van der Waals surface area contributed by atoms with E-state index in [4.69, 9.17) is 9.84 Å². The maximum absolute atomic E-state index is 12.3. The molecular formula is C14H18N2O4. The normalized spacial score (nSPS) is 21.7. The molecular weight excluding hydrogens is 260 g/mol. The third-order valence-corrected chi connectivity index (χ3v) is 3.55. The van der Waals surface area contributed by atoms with Gasteiger partial charge in [-0.1, -0.05) is 0 Å². The average Bonchev–Trinajstić information content (AvgIpc) is 2.94. The number of rotatable bonds is 4. The topological polar surface area (TPSA) is 78.9 Å². The van der Waals surface area contributed by atoms with Crippen molar-refractivity contribution in [3.8, 4) is 0 Å². The van der Waals surface area contributed by atoms with E-state index in [1.165, 1.54) is 17.0 Å². The van der Waals surface area contributed by atoms with Gasteiger partial charge in [0.15, 0.2) is 0 Å². The number of hydrogen-bond acceptors (Lipinski definition) is 4. The molecule has 1 fully saturated rings. The summed E-state index contributed by atoms with van der Waals surface area (Å²) in [4.78, 5) is 24.6. The molecule has 0 radical (unpaired) electrons. The van der Waals surface area contributed by atoms with Crippen LogP contribution in [0.4, 0.5) is 5.69 Å². The van der Waals surface area contributed by atoms with Crippen LogP contribution in [0.1, 0.15) is 16.8 Å². The molecule has 1 aliphatic heterocycles. The second-order valence-corrected chi connectivity index (χ2v) is 4.80. The Morgan fingerprint density at radius 1 is 1.35 bits per heavy atom. The molecule has 108 valence electrons. The number of benzene rings is 1. The fraction of sp³-hybridized carbons (Fsp3) is 0.429. The molecule has 6 nitrogen and oxygen atoms in total. The highest BCUT2D eigenvalue weighted by atomic mass is 16.5. The van der Waals surface area contributed by atoms with Crippen molar-refractivity contribution >= 4 is 17.6 Å². The summed E-state index contributed by atoms with van der Waals surface area (Å²) in [6.07, 6.45) is 0.708. The van der Waals surface area contributed by atoms with Gasteiger partial charge >= 0.3 is 5.97 Å². The Labute approximate surface area is 117 Å². The van der Waals surface area contributed by atoms with Crippen molar-refractivity contribution in [1.29, 1.82) is 0 Å². The van der Waals surface area contributed by atoms with E-state index in [2.05, 4.69) is 5.32 Å². The number of carboxylic acids is 1. The molecule has 0 saturated carbocycles. The van der Waals surface area contributed by atoms with E-state index in [0.717, 1.165) is 0 Å². The van der Waals surface area contributed by atoms with Gasteiger partial charge < -0.3 is 20.1 Å². The predicted molar refractivity (Wildman–Crippen MR) is 74.0 cm³/mol. The Kier molecular flexibility index (Phi) is 4.36. The number of nitrogens with zero attached hydrogens (tertiary/aromatic N) is 1. The quantitative estimate of drug-likeness (QED) is 0.848. The number of carboxylic acid groups (broad SMARTS) is 1. The zero-order valence-electron chi connectivity index (χ0n) is 11.5. The molecule has 1 amide bonds. The number of nitrogens with one attached hydrogen (secondary N) is 1. The molecule has 0 aromatic heterocycles. The van der Waals surface area contributed by atoms with Gasteiger partial charge in [-0.2, -0.15) is 0 Å². The van der Waals surface area contributed by atoms with Crippen LogP contribution in [0.2, 0.25) is 0 Å². The summed E-state index contributed by atoms with van der Waals surface area (Å²) >= 11 is 0.